The van der Waals surface area contributed by atoms with Crippen LogP contribution >= 0.6 is 11.6 Å². The minimum atomic E-state index is -4.74. The molecule has 2 rings (SSSR count). The third-order valence-corrected chi connectivity index (χ3v) is 5.99. The smallest absolute Gasteiger partial charge is 0.382 e. The first-order valence-corrected chi connectivity index (χ1v) is 12.2. The van der Waals surface area contributed by atoms with E-state index in [0.717, 1.165) is 22.8 Å². The van der Waals surface area contributed by atoms with Crippen LogP contribution < -0.4 is 10.6 Å². The molecule has 37 heavy (non-hydrogen) atoms. The molecule has 3 N–H and O–H groups in total. The van der Waals surface area contributed by atoms with Crippen molar-refractivity contribution >= 4 is 29.5 Å². The Hall–Kier alpha value is -3.17. The van der Waals surface area contributed by atoms with Gasteiger partial charge in [0.15, 0.2) is 0 Å². The van der Waals surface area contributed by atoms with Gasteiger partial charge in [-0.15, -0.1) is 0 Å². The van der Waals surface area contributed by atoms with Gasteiger partial charge >= 0.3 is 6.18 Å². The quantitative estimate of drug-likeness (QED) is 0.241. The van der Waals surface area contributed by atoms with Gasteiger partial charge in [0.05, 0.1) is 12.6 Å². The van der Waals surface area contributed by atoms with Crippen molar-refractivity contribution in [1.82, 2.24) is 15.5 Å². The van der Waals surface area contributed by atoms with E-state index < -0.39 is 17.9 Å². The Morgan fingerprint density at radius 1 is 1.14 bits per heavy atom. The highest BCUT2D eigenvalue weighted by Gasteiger charge is 2.32. The third kappa shape index (κ3) is 10.4. The number of amides is 1. The molecule has 10 heteroatoms. The lowest BCUT2D eigenvalue weighted by molar-refractivity contribution is -0.132. The fourth-order valence-electron chi connectivity index (χ4n) is 3.79. The SMILES string of the molecule is CN[C@@H](Cc1cccc(CCC/C(=C/C(=N)C(F)(F)F)NCC=O)c1)C(=O)N(C)Cc1ccc(Cl)cc1. The van der Waals surface area contributed by atoms with Crippen molar-refractivity contribution in [2.45, 2.75) is 44.4 Å². The van der Waals surface area contributed by atoms with E-state index in [0.29, 0.717) is 37.1 Å². The number of nitrogens with one attached hydrogen (secondary N) is 3. The van der Waals surface area contributed by atoms with E-state index in [1.807, 2.05) is 36.4 Å². The van der Waals surface area contributed by atoms with E-state index in [1.54, 1.807) is 31.1 Å². The van der Waals surface area contributed by atoms with Crippen LogP contribution in [0.25, 0.3) is 0 Å². The van der Waals surface area contributed by atoms with E-state index in [4.69, 9.17) is 17.0 Å². The maximum Gasteiger partial charge on any atom is 0.432 e. The number of benzene rings is 2. The summed E-state index contributed by atoms with van der Waals surface area (Å²) < 4.78 is 38.2. The van der Waals surface area contributed by atoms with Crippen molar-refractivity contribution in [2.24, 2.45) is 0 Å². The lowest BCUT2D eigenvalue weighted by Gasteiger charge is -2.24. The molecule has 0 aliphatic rings. The Bertz CT molecular complexity index is 1090. The highest BCUT2D eigenvalue weighted by atomic mass is 35.5. The van der Waals surface area contributed by atoms with Crippen LogP contribution in [0.5, 0.6) is 0 Å². The second-order valence-electron chi connectivity index (χ2n) is 8.67. The van der Waals surface area contributed by atoms with E-state index in [1.165, 1.54) is 0 Å². The predicted octanol–water partition coefficient (Wildman–Crippen LogP) is 4.71. The minimum absolute atomic E-state index is 0.0500. The van der Waals surface area contributed by atoms with Crippen molar-refractivity contribution in [1.29, 1.82) is 5.41 Å². The fourth-order valence-corrected chi connectivity index (χ4v) is 3.92. The lowest BCUT2D eigenvalue weighted by Crippen LogP contribution is -2.44. The number of rotatable bonds is 14. The number of aryl methyl sites for hydroxylation is 1. The van der Waals surface area contributed by atoms with Gasteiger partial charge in [-0.25, -0.2) is 0 Å². The number of allylic oxidation sites excluding steroid dienone is 2. The van der Waals surface area contributed by atoms with Gasteiger partial charge < -0.3 is 20.3 Å². The summed E-state index contributed by atoms with van der Waals surface area (Å²) in [5, 5.41) is 13.5. The number of hydrogen-bond acceptors (Lipinski definition) is 5. The normalized spacial score (nSPS) is 12.6. The highest BCUT2D eigenvalue weighted by molar-refractivity contribution is 6.30. The second kappa shape index (κ2) is 14.5. The van der Waals surface area contributed by atoms with Crippen LogP contribution in [0.1, 0.15) is 29.5 Å². The molecule has 1 atom stereocenters. The van der Waals surface area contributed by atoms with Crippen molar-refractivity contribution < 1.29 is 22.8 Å². The number of aldehydes is 1. The van der Waals surface area contributed by atoms with Crippen LogP contribution in [0, 0.1) is 5.41 Å². The van der Waals surface area contributed by atoms with Gasteiger partial charge in [0.25, 0.3) is 0 Å². The Balaban J connectivity index is 1.98. The molecule has 0 saturated carbocycles. The molecule has 6 nitrogen and oxygen atoms in total. The fraction of sp³-hybridized carbons (Fsp3) is 0.370. The van der Waals surface area contributed by atoms with Gasteiger partial charge in [-0.2, -0.15) is 13.2 Å². The molecule has 0 heterocycles. The van der Waals surface area contributed by atoms with Crippen molar-refractivity contribution in [2.75, 3.05) is 20.6 Å². The van der Waals surface area contributed by atoms with E-state index in [-0.39, 0.29) is 24.6 Å². The lowest BCUT2D eigenvalue weighted by atomic mass is 9.99. The van der Waals surface area contributed by atoms with E-state index >= 15 is 0 Å². The summed E-state index contributed by atoms with van der Waals surface area (Å²) in [4.78, 5) is 25.3. The molecule has 0 aliphatic carbocycles. The topological polar surface area (TPSA) is 85.3 Å². The number of carbonyl (C=O) groups excluding carboxylic acids is 2. The van der Waals surface area contributed by atoms with Crippen LogP contribution in [0.2, 0.25) is 5.02 Å². The van der Waals surface area contributed by atoms with E-state index in [2.05, 4.69) is 10.6 Å². The Kier molecular flexibility index (Phi) is 11.8. The summed E-state index contributed by atoms with van der Waals surface area (Å²) in [5.41, 5.74) is 1.63. The zero-order valence-corrected chi connectivity index (χ0v) is 21.6. The highest BCUT2D eigenvalue weighted by Crippen LogP contribution is 2.19. The van der Waals surface area contributed by atoms with Gasteiger partial charge in [-0.1, -0.05) is 48.0 Å². The largest absolute Gasteiger partial charge is 0.432 e. The van der Waals surface area contributed by atoms with Crippen LogP contribution in [-0.4, -0.2) is 55.7 Å². The van der Waals surface area contributed by atoms with Gasteiger partial charge in [0, 0.05) is 24.3 Å². The van der Waals surface area contributed by atoms with Gasteiger partial charge in [0.1, 0.15) is 12.0 Å². The monoisotopic (exact) mass is 536 g/mol. The molecular weight excluding hydrogens is 505 g/mol. The number of hydrogen-bond donors (Lipinski definition) is 3. The molecule has 0 unspecified atom stereocenters. The van der Waals surface area contributed by atoms with Gasteiger partial charge in [-0.05, 0) is 67.6 Å². The molecule has 0 radical (unpaired) electrons. The molecule has 0 saturated heterocycles. The van der Waals surface area contributed by atoms with Crippen LogP contribution in [0.3, 0.4) is 0 Å². The average molecular weight is 537 g/mol. The van der Waals surface area contributed by atoms with Crippen molar-refractivity contribution in [3.8, 4) is 0 Å². The van der Waals surface area contributed by atoms with E-state index in [9.17, 15) is 22.8 Å². The molecule has 2 aromatic carbocycles. The van der Waals surface area contributed by atoms with Crippen molar-refractivity contribution in [3.63, 3.8) is 0 Å². The third-order valence-electron chi connectivity index (χ3n) is 5.73. The summed E-state index contributed by atoms with van der Waals surface area (Å²) in [6.45, 7) is 0.326. The average Bonchev–Trinajstić information content (AvgIpc) is 2.86. The second-order valence-corrected chi connectivity index (χ2v) is 9.10. The molecule has 0 spiro atoms. The first-order chi connectivity index (χ1) is 17.5. The molecule has 0 aliphatic heterocycles. The van der Waals surface area contributed by atoms with Crippen LogP contribution in [0.15, 0.2) is 60.3 Å². The summed E-state index contributed by atoms with van der Waals surface area (Å²) in [7, 11) is 3.49. The number of carbonyl (C=O) groups is 2. The zero-order valence-electron chi connectivity index (χ0n) is 20.9. The molecule has 0 aromatic heterocycles. The number of alkyl halides is 3. The summed E-state index contributed by atoms with van der Waals surface area (Å²) in [6.07, 6.45) is -1.63. The number of likely N-dealkylation sites (N-methyl/N-ethyl adjacent to an activating group) is 2. The summed E-state index contributed by atoms with van der Waals surface area (Å²) in [6, 6.07) is 14.6. The summed E-state index contributed by atoms with van der Waals surface area (Å²) >= 11 is 5.93. The Labute approximate surface area is 220 Å². The van der Waals surface area contributed by atoms with Gasteiger partial charge in [-0.3, -0.25) is 10.2 Å². The van der Waals surface area contributed by atoms with Crippen LogP contribution in [-0.2, 0) is 29.0 Å². The molecular formula is C27H32ClF3N4O2. The number of halogens is 4. The Morgan fingerprint density at radius 2 is 1.81 bits per heavy atom. The predicted molar refractivity (Wildman–Crippen MR) is 140 cm³/mol. The maximum atomic E-state index is 13.0. The number of nitrogens with zero attached hydrogens (tertiary/aromatic N) is 1. The first-order valence-electron chi connectivity index (χ1n) is 11.8. The standard InChI is InChI=1S/C27H32ClF3N4O2/c1-33-24(26(37)35(2)18-20-9-11-22(28)12-10-20)16-21-7-3-5-19(15-21)6-4-8-23(34-13-14-36)17-25(32)27(29,30)31/h3,5,7,9-12,14-15,17,24,32-34H,4,6,8,13,16,18H2,1-2H3/b23-17-,32-25?/t24-/m0/s1. The maximum absolute atomic E-state index is 13.0. The molecule has 0 fully saturated rings. The molecule has 0 bridgehead atoms. The van der Waals surface area contributed by atoms with Crippen molar-refractivity contribution in [3.05, 3.63) is 82.0 Å². The molecule has 2 aromatic rings. The molecule has 200 valence electrons. The summed E-state index contributed by atoms with van der Waals surface area (Å²) in [5.74, 6) is -0.0500. The van der Waals surface area contributed by atoms with Crippen LogP contribution in [0.4, 0.5) is 13.2 Å². The van der Waals surface area contributed by atoms with Gasteiger partial charge in [0.2, 0.25) is 5.91 Å². The minimum Gasteiger partial charge on any atom is -0.382 e. The first kappa shape index (κ1) is 30.1. The molecule has 1 amide bonds. The Morgan fingerprint density at radius 3 is 2.43 bits per heavy atom. The zero-order chi connectivity index (χ0) is 27.4.